The molecule has 9 heteroatoms. The molecule has 5 aromatic rings. The number of thioether (sulfide) groups is 1. The van der Waals surface area contributed by atoms with Gasteiger partial charge in [0, 0.05) is 34.3 Å². The van der Waals surface area contributed by atoms with Crippen LogP contribution in [-0.2, 0) is 4.79 Å². The maximum absolute atomic E-state index is 10.8. The summed E-state index contributed by atoms with van der Waals surface area (Å²) < 4.78 is 0. The molecule has 3 aromatic carbocycles. The van der Waals surface area contributed by atoms with Crippen LogP contribution in [0.5, 0.6) is 0 Å². The summed E-state index contributed by atoms with van der Waals surface area (Å²) in [6.07, 6.45) is 0. The van der Waals surface area contributed by atoms with E-state index in [-0.39, 0.29) is 5.75 Å². The lowest BCUT2D eigenvalue weighted by Crippen LogP contribution is -2.73. The molecule has 0 saturated carbocycles. The van der Waals surface area contributed by atoms with Crippen LogP contribution in [-0.4, -0.2) is 42.2 Å². The van der Waals surface area contributed by atoms with E-state index in [1.165, 1.54) is 0 Å². The van der Waals surface area contributed by atoms with E-state index >= 15 is 0 Å². The summed E-state index contributed by atoms with van der Waals surface area (Å²) in [6.45, 7) is 4.00. The van der Waals surface area contributed by atoms with Crippen LogP contribution >= 0.6 is 11.8 Å². The van der Waals surface area contributed by atoms with Gasteiger partial charge in [0.15, 0.2) is 11.5 Å². The maximum Gasteiger partial charge on any atom is 0.313 e. The quantitative estimate of drug-likeness (QED) is 0.123. The molecule has 2 aromatic heterocycles. The third kappa shape index (κ3) is 5.60. The van der Waals surface area contributed by atoms with Gasteiger partial charge in [-0.2, -0.15) is 5.48 Å². The van der Waals surface area contributed by atoms with Crippen molar-refractivity contribution in [3.63, 3.8) is 0 Å². The second-order valence-electron chi connectivity index (χ2n) is 7.47. The van der Waals surface area contributed by atoms with Crippen molar-refractivity contribution in [3.05, 3.63) is 72.8 Å². The standard InChI is InChI=1S/C24H19N5O3S.C2H6/c30-22(31)13-33-24-26-23(27-28-24)18-9-16(10-19(11-18)29-32)15-6-7-20-17(8-15)12-21(25-20)14-4-2-1-3-5-14;1-2/h1-12,25,29,32H,13H2,(H,30,31)(H,26,27,28);1-2H3/p+1. The van der Waals surface area contributed by atoms with Crippen molar-refractivity contribution in [1.82, 2.24) is 20.2 Å². The number of aromatic nitrogens is 4. The first-order valence-corrected chi connectivity index (χ1v) is 12.2. The van der Waals surface area contributed by atoms with Gasteiger partial charge in [-0.25, -0.2) is 10.2 Å². The molecule has 8 nitrogen and oxygen atoms in total. The van der Waals surface area contributed by atoms with Crippen molar-refractivity contribution in [2.24, 2.45) is 0 Å². The third-order valence-electron chi connectivity index (χ3n) is 5.21. The third-order valence-corrected chi connectivity index (χ3v) is 6.04. The Labute approximate surface area is 206 Å². The van der Waals surface area contributed by atoms with E-state index in [1.54, 1.807) is 6.07 Å². The van der Waals surface area contributed by atoms with Crippen LogP contribution in [0.15, 0.2) is 78.0 Å². The summed E-state index contributed by atoms with van der Waals surface area (Å²) in [5, 5.41) is 26.9. The van der Waals surface area contributed by atoms with Crippen molar-refractivity contribution in [2.75, 3.05) is 5.75 Å². The number of aliphatic carboxylic acids is 1. The summed E-state index contributed by atoms with van der Waals surface area (Å²) in [5.74, 6) is -0.544. The number of carbonyl (C=O) groups is 1. The Morgan fingerprint density at radius 2 is 1.71 bits per heavy atom. The molecule has 35 heavy (non-hydrogen) atoms. The van der Waals surface area contributed by atoms with Gasteiger partial charge in [-0.05, 0) is 41.0 Å². The molecule has 0 saturated heterocycles. The fraction of sp³-hybridized carbons (Fsp3) is 0.115. The molecule has 0 atom stereocenters. The molecule has 0 spiro atoms. The number of H-pyrrole nitrogens is 2. The molecular weight excluding hydrogens is 462 g/mol. The van der Waals surface area contributed by atoms with Crippen LogP contribution in [0.25, 0.3) is 44.7 Å². The zero-order valence-corrected chi connectivity index (χ0v) is 20.1. The van der Waals surface area contributed by atoms with Gasteiger partial charge in [0.05, 0.1) is 5.75 Å². The number of rotatable bonds is 7. The SMILES string of the molecule is CC.O=C(O)CSc1n[nH]c(-c2cc([NH2+]O)cc(-c3ccc4[nH]c(-c5ccccc5)cc4c3)c2)n1. The van der Waals surface area contributed by atoms with Gasteiger partial charge in [-0.3, -0.25) is 9.89 Å². The van der Waals surface area contributed by atoms with Gasteiger partial charge < -0.3 is 10.1 Å². The number of hydrogen-bond acceptors (Lipinski definition) is 5. The highest BCUT2D eigenvalue weighted by Crippen LogP contribution is 2.32. The minimum absolute atomic E-state index is 0.116. The molecule has 5 rings (SSSR count). The monoisotopic (exact) mass is 488 g/mol. The maximum atomic E-state index is 10.8. The molecular formula is C26H26N5O3S+. The minimum Gasteiger partial charge on any atom is -0.481 e. The highest BCUT2D eigenvalue weighted by atomic mass is 32.2. The van der Waals surface area contributed by atoms with Crippen LogP contribution in [0.2, 0.25) is 0 Å². The number of hydrogen-bond donors (Lipinski definition) is 5. The second-order valence-corrected chi connectivity index (χ2v) is 8.42. The smallest absolute Gasteiger partial charge is 0.313 e. The number of nitrogens with one attached hydrogen (secondary N) is 2. The van der Waals surface area contributed by atoms with E-state index in [4.69, 9.17) is 5.11 Å². The highest BCUT2D eigenvalue weighted by molar-refractivity contribution is 7.99. The molecule has 0 bridgehead atoms. The van der Waals surface area contributed by atoms with Crippen molar-refractivity contribution in [3.8, 4) is 33.8 Å². The van der Waals surface area contributed by atoms with Crippen molar-refractivity contribution >= 4 is 34.3 Å². The minimum atomic E-state index is -0.930. The molecule has 0 amide bonds. The number of fused-ring (bicyclic) bond motifs is 1. The second kappa shape index (κ2) is 11.0. The van der Waals surface area contributed by atoms with Crippen LogP contribution < -0.4 is 5.48 Å². The zero-order chi connectivity index (χ0) is 24.8. The summed E-state index contributed by atoms with van der Waals surface area (Å²) in [4.78, 5) is 18.6. The first-order chi connectivity index (χ1) is 17.1. The van der Waals surface area contributed by atoms with Crippen molar-refractivity contribution in [1.29, 1.82) is 0 Å². The van der Waals surface area contributed by atoms with Crippen molar-refractivity contribution < 1.29 is 20.6 Å². The first kappa shape index (κ1) is 24.2. The van der Waals surface area contributed by atoms with E-state index < -0.39 is 5.97 Å². The van der Waals surface area contributed by atoms with Crippen LogP contribution in [0.3, 0.4) is 0 Å². The molecule has 0 radical (unpaired) electrons. The van der Waals surface area contributed by atoms with E-state index in [0.717, 1.165) is 56.1 Å². The number of nitrogens with two attached hydrogens (primary N) is 1. The Kier molecular flexibility index (Phi) is 7.61. The lowest BCUT2D eigenvalue weighted by atomic mass is 10.0. The largest absolute Gasteiger partial charge is 0.481 e. The Hall–Kier alpha value is -3.92. The topological polar surface area (TPSA) is 132 Å². The average Bonchev–Trinajstić information content (AvgIpc) is 3.56. The van der Waals surface area contributed by atoms with E-state index in [2.05, 4.69) is 44.4 Å². The summed E-state index contributed by atoms with van der Waals surface area (Å²) >= 11 is 1.04. The van der Waals surface area contributed by atoms with Gasteiger partial charge in [0.1, 0.15) is 0 Å². The molecule has 0 aliphatic carbocycles. The molecule has 0 unspecified atom stereocenters. The molecule has 0 aliphatic rings. The Balaban J connectivity index is 0.00000141. The molecule has 2 heterocycles. The van der Waals surface area contributed by atoms with E-state index in [1.807, 2.05) is 56.3 Å². The van der Waals surface area contributed by atoms with Gasteiger partial charge in [0.25, 0.3) is 0 Å². The molecule has 0 aliphatic heterocycles. The first-order valence-electron chi connectivity index (χ1n) is 11.2. The lowest BCUT2D eigenvalue weighted by molar-refractivity contribution is -0.825. The predicted octanol–water partition coefficient (Wildman–Crippen LogP) is 5.07. The predicted molar refractivity (Wildman–Crippen MR) is 138 cm³/mol. The van der Waals surface area contributed by atoms with Crippen LogP contribution in [0.1, 0.15) is 13.8 Å². The molecule has 6 N–H and O–H groups in total. The summed E-state index contributed by atoms with van der Waals surface area (Å²) in [5.41, 5.74) is 7.52. The number of quaternary nitrogens is 1. The highest BCUT2D eigenvalue weighted by Gasteiger charge is 2.13. The Morgan fingerprint density at radius 1 is 0.943 bits per heavy atom. The number of aromatic amines is 2. The number of nitrogens with zero attached hydrogens (tertiary/aromatic N) is 2. The van der Waals surface area contributed by atoms with Crippen LogP contribution in [0, 0.1) is 0 Å². The number of carboxylic acid groups (broad SMARTS) is 1. The number of benzene rings is 3. The van der Waals surface area contributed by atoms with E-state index in [9.17, 15) is 10.0 Å². The summed E-state index contributed by atoms with van der Waals surface area (Å²) in [7, 11) is 0. The van der Waals surface area contributed by atoms with Gasteiger partial charge in [-0.15, -0.1) is 5.10 Å². The van der Waals surface area contributed by atoms with E-state index in [0.29, 0.717) is 16.7 Å². The average molecular weight is 489 g/mol. The lowest BCUT2D eigenvalue weighted by Gasteiger charge is -2.06. The van der Waals surface area contributed by atoms with Gasteiger partial charge in [-0.1, -0.05) is 62.0 Å². The fourth-order valence-corrected chi connectivity index (χ4v) is 4.20. The fourth-order valence-electron chi connectivity index (χ4n) is 3.68. The van der Waals surface area contributed by atoms with Crippen LogP contribution in [0.4, 0.5) is 5.69 Å². The van der Waals surface area contributed by atoms with Gasteiger partial charge >= 0.3 is 5.97 Å². The molecule has 0 fully saturated rings. The molecule has 178 valence electrons. The Bertz CT molecular complexity index is 1450. The van der Waals surface area contributed by atoms with Gasteiger partial charge in [0.2, 0.25) is 5.16 Å². The summed E-state index contributed by atoms with van der Waals surface area (Å²) in [6, 6.07) is 24.1. The number of carboxylic acids is 1. The normalized spacial score (nSPS) is 10.7. The zero-order valence-electron chi connectivity index (χ0n) is 19.3. The van der Waals surface area contributed by atoms with Crippen molar-refractivity contribution in [2.45, 2.75) is 19.0 Å². The Morgan fingerprint density at radius 3 is 2.46 bits per heavy atom.